The molecule has 2 aliphatic rings. The highest BCUT2D eigenvalue weighted by Crippen LogP contribution is 2.29. The second kappa shape index (κ2) is 7.07. The molecule has 2 heterocycles. The van der Waals surface area contributed by atoms with E-state index in [9.17, 15) is 18.8 Å². The summed E-state index contributed by atoms with van der Waals surface area (Å²) < 4.78 is 13.2. The van der Waals surface area contributed by atoms with E-state index in [1.165, 1.54) is 4.90 Å². The Morgan fingerprint density at radius 2 is 1.68 bits per heavy atom. The van der Waals surface area contributed by atoms with Crippen LogP contribution in [0.1, 0.15) is 39.1 Å². The largest absolute Gasteiger partial charge is 0.434 e. The van der Waals surface area contributed by atoms with Gasteiger partial charge in [0.25, 0.3) is 11.8 Å². The van der Waals surface area contributed by atoms with E-state index in [0.717, 1.165) is 16.7 Å². The Labute approximate surface area is 161 Å². The summed E-state index contributed by atoms with van der Waals surface area (Å²) in [5.41, 5.74) is 3.18. The molecule has 0 atom stereocenters. The van der Waals surface area contributed by atoms with Gasteiger partial charge in [-0.1, -0.05) is 41.0 Å². The summed E-state index contributed by atoms with van der Waals surface area (Å²) in [4.78, 5) is 43.8. The summed E-state index contributed by atoms with van der Waals surface area (Å²) in [6, 6.07) is 12.7. The smallest absolute Gasteiger partial charge is 0.310 e. The van der Waals surface area contributed by atoms with Crippen molar-refractivity contribution in [1.82, 2.24) is 9.96 Å². The van der Waals surface area contributed by atoms with Crippen LogP contribution in [0.4, 0.5) is 9.18 Å². The predicted molar refractivity (Wildman–Crippen MR) is 99.3 cm³/mol. The molecule has 144 valence electrons. The number of fused-ring (bicyclic) bond motifs is 1. The summed E-state index contributed by atoms with van der Waals surface area (Å²) >= 11 is 0. The van der Waals surface area contributed by atoms with Crippen LogP contribution in [-0.4, -0.2) is 47.1 Å². The molecule has 0 radical (unpaired) electrons. The van der Waals surface area contributed by atoms with Gasteiger partial charge in [0.1, 0.15) is 6.17 Å². The van der Waals surface area contributed by atoms with Crippen molar-refractivity contribution in [2.24, 2.45) is 0 Å². The summed E-state index contributed by atoms with van der Waals surface area (Å²) in [6.07, 6.45) is -1.32. The molecule has 0 bridgehead atoms. The van der Waals surface area contributed by atoms with Gasteiger partial charge in [0.15, 0.2) is 0 Å². The van der Waals surface area contributed by atoms with E-state index in [-0.39, 0.29) is 37.1 Å². The third kappa shape index (κ3) is 3.24. The number of carbonyl (C=O) groups is 3. The van der Waals surface area contributed by atoms with Gasteiger partial charge >= 0.3 is 6.09 Å². The number of piperidine rings is 1. The molecule has 2 aromatic carbocycles. The Kier molecular flexibility index (Phi) is 4.58. The first-order valence-electron chi connectivity index (χ1n) is 9.15. The number of likely N-dealkylation sites (tertiary alicyclic amines) is 1. The molecule has 1 saturated heterocycles. The summed E-state index contributed by atoms with van der Waals surface area (Å²) in [5.74, 6) is -1.35. The molecule has 1 fully saturated rings. The van der Waals surface area contributed by atoms with Gasteiger partial charge in [0.05, 0.1) is 11.1 Å². The minimum absolute atomic E-state index is 0.191. The highest BCUT2D eigenvalue weighted by molar-refractivity contribution is 6.21. The Bertz CT molecular complexity index is 967. The SMILES string of the molecule is Cc1cccc(-c2ccc3c(c2)C(=O)N(OC(=O)N2CCC(F)CC2)C3=O)c1. The lowest BCUT2D eigenvalue weighted by atomic mass is 9.99. The van der Waals surface area contributed by atoms with Crippen LogP contribution in [-0.2, 0) is 4.84 Å². The average molecular weight is 382 g/mol. The molecule has 0 aromatic heterocycles. The van der Waals surface area contributed by atoms with Gasteiger partial charge in [0, 0.05) is 13.1 Å². The number of hydroxylamine groups is 2. The highest BCUT2D eigenvalue weighted by Gasteiger charge is 2.40. The molecule has 0 spiro atoms. The number of hydrogen-bond acceptors (Lipinski definition) is 4. The van der Waals surface area contributed by atoms with Gasteiger partial charge in [-0.25, -0.2) is 9.18 Å². The summed E-state index contributed by atoms with van der Waals surface area (Å²) in [6.45, 7) is 2.36. The van der Waals surface area contributed by atoms with Crippen molar-refractivity contribution < 1.29 is 23.6 Å². The van der Waals surface area contributed by atoms with Gasteiger partial charge in [-0.15, -0.1) is 0 Å². The first-order valence-corrected chi connectivity index (χ1v) is 9.15. The number of benzene rings is 2. The van der Waals surface area contributed by atoms with Gasteiger partial charge in [-0.3, -0.25) is 9.59 Å². The first-order chi connectivity index (χ1) is 13.4. The van der Waals surface area contributed by atoms with Crippen LogP contribution in [0.25, 0.3) is 11.1 Å². The lowest BCUT2D eigenvalue weighted by Gasteiger charge is -2.28. The van der Waals surface area contributed by atoms with Crippen molar-refractivity contribution in [3.05, 3.63) is 59.2 Å². The zero-order chi connectivity index (χ0) is 19.8. The molecule has 0 unspecified atom stereocenters. The molecular formula is C21H19FN2O4. The maximum Gasteiger partial charge on any atom is 0.434 e. The number of rotatable bonds is 2. The summed E-state index contributed by atoms with van der Waals surface area (Å²) in [5, 5.41) is 0.495. The van der Waals surface area contributed by atoms with Crippen LogP contribution in [0.5, 0.6) is 0 Å². The summed E-state index contributed by atoms with van der Waals surface area (Å²) in [7, 11) is 0. The second-order valence-corrected chi connectivity index (χ2v) is 7.05. The quantitative estimate of drug-likeness (QED) is 0.742. The van der Waals surface area contributed by atoms with Crippen LogP contribution in [0.15, 0.2) is 42.5 Å². The Morgan fingerprint density at radius 3 is 2.39 bits per heavy atom. The molecule has 2 aromatic rings. The maximum absolute atomic E-state index is 13.2. The molecule has 4 rings (SSSR count). The molecule has 7 heteroatoms. The Hall–Kier alpha value is -3.22. The van der Waals surface area contributed by atoms with E-state index in [0.29, 0.717) is 5.06 Å². The predicted octanol–water partition coefficient (Wildman–Crippen LogP) is 3.74. The first kappa shape index (κ1) is 18.2. The van der Waals surface area contributed by atoms with E-state index < -0.39 is 24.1 Å². The molecule has 2 aliphatic heterocycles. The number of imide groups is 1. The fraction of sp³-hybridized carbons (Fsp3) is 0.286. The van der Waals surface area contributed by atoms with Crippen LogP contribution >= 0.6 is 0 Å². The monoisotopic (exact) mass is 382 g/mol. The van der Waals surface area contributed by atoms with Gasteiger partial charge in [0.2, 0.25) is 0 Å². The van der Waals surface area contributed by atoms with E-state index in [2.05, 4.69) is 0 Å². The van der Waals surface area contributed by atoms with Crippen LogP contribution in [0.2, 0.25) is 0 Å². The topological polar surface area (TPSA) is 66.9 Å². The third-order valence-corrected chi connectivity index (χ3v) is 5.05. The number of halogens is 1. The minimum atomic E-state index is -0.941. The van der Waals surface area contributed by atoms with E-state index in [1.807, 2.05) is 31.2 Å². The molecular weight excluding hydrogens is 363 g/mol. The van der Waals surface area contributed by atoms with Crippen LogP contribution in [0, 0.1) is 6.92 Å². The van der Waals surface area contributed by atoms with Gasteiger partial charge in [-0.2, -0.15) is 0 Å². The number of alkyl halides is 1. The molecule has 0 saturated carbocycles. The third-order valence-electron chi connectivity index (χ3n) is 5.05. The Morgan fingerprint density at radius 1 is 1.00 bits per heavy atom. The van der Waals surface area contributed by atoms with E-state index in [1.54, 1.807) is 18.2 Å². The average Bonchev–Trinajstić information content (AvgIpc) is 2.93. The number of amides is 3. The molecule has 3 amide bonds. The number of nitrogens with zero attached hydrogens (tertiary/aromatic N) is 2. The zero-order valence-electron chi connectivity index (χ0n) is 15.4. The van der Waals surface area contributed by atoms with Crippen LogP contribution < -0.4 is 0 Å². The van der Waals surface area contributed by atoms with Crippen molar-refractivity contribution in [3.63, 3.8) is 0 Å². The maximum atomic E-state index is 13.2. The number of carbonyl (C=O) groups excluding carboxylic acids is 3. The number of aryl methyl sites for hydroxylation is 1. The van der Waals surface area contributed by atoms with Gasteiger partial charge < -0.3 is 9.74 Å². The molecule has 0 N–H and O–H groups in total. The fourth-order valence-corrected chi connectivity index (χ4v) is 3.47. The lowest BCUT2D eigenvalue weighted by molar-refractivity contribution is -0.0598. The Balaban J connectivity index is 1.54. The second-order valence-electron chi connectivity index (χ2n) is 7.05. The highest BCUT2D eigenvalue weighted by atomic mass is 19.1. The molecule has 0 aliphatic carbocycles. The fourth-order valence-electron chi connectivity index (χ4n) is 3.47. The van der Waals surface area contributed by atoms with Crippen molar-refractivity contribution in [3.8, 4) is 11.1 Å². The van der Waals surface area contributed by atoms with Crippen molar-refractivity contribution in [2.45, 2.75) is 25.9 Å². The normalized spacial score (nSPS) is 17.1. The lowest BCUT2D eigenvalue weighted by Crippen LogP contribution is -2.43. The zero-order valence-corrected chi connectivity index (χ0v) is 15.4. The van der Waals surface area contributed by atoms with Crippen molar-refractivity contribution in [2.75, 3.05) is 13.1 Å². The van der Waals surface area contributed by atoms with Crippen LogP contribution in [0.3, 0.4) is 0 Å². The number of hydrogen-bond donors (Lipinski definition) is 0. The van der Waals surface area contributed by atoms with E-state index >= 15 is 0 Å². The minimum Gasteiger partial charge on any atom is -0.310 e. The molecule has 6 nitrogen and oxygen atoms in total. The standard InChI is InChI=1S/C21H19FN2O4/c1-13-3-2-4-14(11-13)15-5-6-17-18(12-15)20(26)24(19(17)25)28-21(27)23-9-7-16(22)8-10-23/h2-6,11-12,16H,7-10H2,1H3. The van der Waals surface area contributed by atoms with Gasteiger partial charge in [-0.05, 0) is 43.0 Å². The van der Waals surface area contributed by atoms with Crippen molar-refractivity contribution in [1.29, 1.82) is 0 Å². The van der Waals surface area contributed by atoms with Crippen molar-refractivity contribution >= 4 is 17.9 Å². The van der Waals surface area contributed by atoms with E-state index in [4.69, 9.17) is 4.84 Å². The molecule has 28 heavy (non-hydrogen) atoms.